The molecule has 2 fully saturated rings. The Labute approximate surface area is 350 Å². The molecule has 0 unspecified atom stereocenters. The van der Waals surface area contributed by atoms with E-state index in [2.05, 4.69) is 157 Å². The predicted molar refractivity (Wildman–Crippen MR) is 239 cm³/mol. The largest absolute Gasteiger partial charge is 0.462 e. The molecule has 1 aromatic heterocycles. The maximum Gasteiger partial charge on any atom is 0.318 e. The average molecular weight is 806 g/mol. The van der Waals surface area contributed by atoms with Crippen molar-refractivity contribution in [1.82, 2.24) is 19.8 Å². The molecular weight excluding hydrogens is 751 g/mol. The number of rotatable bonds is 11. The fourth-order valence-corrected chi connectivity index (χ4v) is 14.2. The first kappa shape index (κ1) is 40.2. The van der Waals surface area contributed by atoms with Crippen molar-refractivity contribution in [1.29, 1.82) is 0 Å². The van der Waals surface area contributed by atoms with Crippen LogP contribution in [0.4, 0.5) is 11.5 Å². The number of nitrogens with zero attached hydrogens (tertiary/aromatic N) is 7. The van der Waals surface area contributed by atoms with Crippen molar-refractivity contribution in [2.75, 3.05) is 62.7 Å². The first-order chi connectivity index (χ1) is 28.6. The van der Waals surface area contributed by atoms with Crippen LogP contribution >= 0.6 is 0 Å². The van der Waals surface area contributed by atoms with Crippen molar-refractivity contribution in [3.8, 4) is 6.01 Å². The highest BCUT2D eigenvalue weighted by Crippen LogP contribution is 2.39. The van der Waals surface area contributed by atoms with Crippen LogP contribution in [-0.2, 0) is 22.2 Å². The Morgan fingerprint density at radius 1 is 0.881 bits per heavy atom. The van der Waals surface area contributed by atoms with E-state index in [4.69, 9.17) is 25.7 Å². The van der Waals surface area contributed by atoms with Gasteiger partial charge in [-0.25, -0.2) is 6.57 Å². The summed E-state index contributed by atoms with van der Waals surface area (Å²) in [6.07, 6.45) is 2.95. The number of amides is 1. The lowest BCUT2D eigenvalue weighted by Gasteiger charge is -2.44. The summed E-state index contributed by atoms with van der Waals surface area (Å²) < 4.78 is 14.2. The number of aromatic nitrogens is 2. The molecule has 8 rings (SSSR count). The zero-order valence-corrected chi connectivity index (χ0v) is 35.8. The first-order valence-electron chi connectivity index (χ1n) is 20.8. The second-order valence-electron chi connectivity index (χ2n) is 17.1. The smallest absolute Gasteiger partial charge is 0.318 e. The monoisotopic (exact) mass is 805 g/mol. The van der Waals surface area contributed by atoms with Gasteiger partial charge in [0.1, 0.15) is 18.5 Å². The van der Waals surface area contributed by atoms with Crippen LogP contribution in [-0.4, -0.2) is 105 Å². The number of benzene rings is 4. The van der Waals surface area contributed by atoms with Gasteiger partial charge < -0.3 is 28.7 Å². The molecule has 1 amide bonds. The second kappa shape index (κ2) is 17.0. The minimum Gasteiger partial charge on any atom is -0.462 e. The number of fused-ring (bicyclic) bond motifs is 2. The van der Waals surface area contributed by atoms with Crippen LogP contribution < -0.4 is 24.9 Å². The Balaban J connectivity index is 1.07. The summed E-state index contributed by atoms with van der Waals surface area (Å²) in [4.78, 5) is 35.6. The molecular formula is C48H55N7O3Si. The molecule has 0 radical (unpaired) electrons. The van der Waals surface area contributed by atoms with E-state index in [0.29, 0.717) is 38.8 Å². The number of ether oxygens (including phenoxy) is 1. The van der Waals surface area contributed by atoms with Gasteiger partial charge in [-0.15, -0.1) is 0 Å². The number of hydrogen-bond acceptors (Lipinski definition) is 8. The van der Waals surface area contributed by atoms with Gasteiger partial charge >= 0.3 is 6.01 Å². The molecule has 3 aliphatic heterocycles. The number of carbonyl (C=O) groups excluding carboxylic acids is 1. The summed E-state index contributed by atoms with van der Waals surface area (Å²) >= 11 is 0. The number of carbonyl (C=O) groups is 1. The van der Waals surface area contributed by atoms with Gasteiger partial charge in [-0.05, 0) is 52.8 Å². The number of likely N-dealkylation sites (N-methyl/N-ethyl adjacent to an activating group) is 1. The highest BCUT2D eigenvalue weighted by molar-refractivity contribution is 6.99. The van der Waals surface area contributed by atoms with Crippen LogP contribution in [0.15, 0.2) is 116 Å². The minimum atomic E-state index is -2.73. The Morgan fingerprint density at radius 3 is 2.27 bits per heavy atom. The molecule has 4 heterocycles. The van der Waals surface area contributed by atoms with E-state index in [9.17, 15) is 4.79 Å². The molecule has 0 spiro atoms. The molecule has 0 saturated carbocycles. The van der Waals surface area contributed by atoms with Crippen LogP contribution in [0, 0.1) is 6.57 Å². The third-order valence-corrected chi connectivity index (χ3v) is 17.6. The van der Waals surface area contributed by atoms with E-state index >= 15 is 0 Å². The van der Waals surface area contributed by atoms with E-state index in [0.717, 1.165) is 43.0 Å². The van der Waals surface area contributed by atoms with E-state index in [1.165, 1.54) is 32.9 Å². The Kier molecular flexibility index (Phi) is 11.6. The van der Waals surface area contributed by atoms with Crippen LogP contribution in [0.2, 0.25) is 5.04 Å². The molecule has 0 N–H and O–H groups in total. The van der Waals surface area contributed by atoms with E-state index in [1.807, 2.05) is 0 Å². The van der Waals surface area contributed by atoms with Crippen molar-refractivity contribution in [3.63, 3.8) is 0 Å². The molecule has 3 atom stereocenters. The summed E-state index contributed by atoms with van der Waals surface area (Å²) in [5.41, 5.74) is 3.24. The lowest BCUT2D eigenvalue weighted by Crippen LogP contribution is -2.67. The van der Waals surface area contributed by atoms with Crippen LogP contribution in [0.5, 0.6) is 6.01 Å². The Morgan fingerprint density at radius 2 is 1.58 bits per heavy atom. The molecule has 11 heteroatoms. The van der Waals surface area contributed by atoms with Gasteiger partial charge in [0.25, 0.3) is 8.32 Å². The molecule has 0 bridgehead atoms. The zero-order chi connectivity index (χ0) is 41.1. The molecule has 10 nitrogen and oxygen atoms in total. The third kappa shape index (κ3) is 7.97. The minimum absolute atomic E-state index is 0.0168. The number of hydrogen-bond donors (Lipinski definition) is 0. The van der Waals surface area contributed by atoms with Crippen molar-refractivity contribution in [2.24, 2.45) is 0 Å². The van der Waals surface area contributed by atoms with Crippen molar-refractivity contribution in [2.45, 2.75) is 63.4 Å². The Bertz CT molecular complexity index is 2280. The van der Waals surface area contributed by atoms with Gasteiger partial charge in [0.2, 0.25) is 12.5 Å². The van der Waals surface area contributed by atoms with Crippen molar-refractivity contribution in [3.05, 3.63) is 138 Å². The van der Waals surface area contributed by atoms with E-state index in [1.54, 1.807) is 4.90 Å². The molecule has 5 aromatic rings. The van der Waals surface area contributed by atoms with Crippen molar-refractivity contribution < 1.29 is 14.0 Å². The van der Waals surface area contributed by atoms with Gasteiger partial charge in [0.15, 0.2) is 0 Å². The van der Waals surface area contributed by atoms with E-state index in [-0.39, 0.29) is 35.7 Å². The number of likely N-dealkylation sites (tertiary alicyclic amines) is 1. The number of piperazine rings is 1. The van der Waals surface area contributed by atoms with Gasteiger partial charge in [-0.2, -0.15) is 9.97 Å². The van der Waals surface area contributed by atoms with Crippen LogP contribution in [0.25, 0.3) is 15.6 Å². The summed E-state index contributed by atoms with van der Waals surface area (Å²) in [5, 5.41) is 4.87. The normalized spacial score (nSPS) is 20.0. The highest BCUT2D eigenvalue weighted by Gasteiger charge is 2.52. The zero-order valence-electron chi connectivity index (χ0n) is 34.8. The second-order valence-corrected chi connectivity index (χ2v) is 21.4. The first-order valence-corrected chi connectivity index (χ1v) is 22.8. The highest BCUT2D eigenvalue weighted by atomic mass is 28.4. The van der Waals surface area contributed by atoms with Gasteiger partial charge in [0, 0.05) is 55.4 Å². The summed E-state index contributed by atoms with van der Waals surface area (Å²) in [7, 11) is -0.575. The summed E-state index contributed by atoms with van der Waals surface area (Å²) in [5.74, 6) is 0.701. The molecule has 59 heavy (non-hydrogen) atoms. The quantitative estimate of drug-likeness (QED) is 0.0871. The predicted octanol–water partition coefficient (Wildman–Crippen LogP) is 6.34. The van der Waals surface area contributed by atoms with Gasteiger partial charge in [-0.1, -0.05) is 124 Å². The lowest BCUT2D eigenvalue weighted by molar-refractivity contribution is -0.128. The van der Waals surface area contributed by atoms with Gasteiger partial charge in [-0.3, -0.25) is 9.69 Å². The van der Waals surface area contributed by atoms with Crippen molar-refractivity contribution >= 4 is 46.9 Å². The molecule has 304 valence electrons. The maximum atomic E-state index is 12.8. The average Bonchev–Trinajstić information content (AvgIpc) is 3.62. The number of anilines is 2. The van der Waals surface area contributed by atoms with Crippen LogP contribution in [0.1, 0.15) is 38.4 Å². The fourth-order valence-electron chi connectivity index (χ4n) is 9.54. The lowest BCUT2D eigenvalue weighted by atomic mass is 10.0. The SMILES string of the molecule is [C-]#[N+]C[C@H]1CN(c2nc(OC[C@@H]3C[C@@H](O[Si](c4ccccc4)(c4ccccc4)C(C)(C)C)CN3C)nc3c2CCN(c2cccc4ccccc24)C3)CCN1C(=O)C=C. The van der Waals surface area contributed by atoms with Gasteiger partial charge in [0.05, 0.1) is 18.3 Å². The topological polar surface area (TPSA) is 78.6 Å². The summed E-state index contributed by atoms with van der Waals surface area (Å²) in [6.45, 7) is 22.8. The molecule has 4 aromatic carbocycles. The molecule has 2 saturated heterocycles. The van der Waals surface area contributed by atoms with E-state index < -0.39 is 8.32 Å². The molecule has 0 aliphatic carbocycles. The van der Waals surface area contributed by atoms with Crippen LogP contribution in [0.3, 0.4) is 0 Å². The fraction of sp³-hybridized carbons (Fsp3) is 0.375. The maximum absolute atomic E-state index is 12.8. The Hall–Kier alpha value is -5.54. The molecule has 3 aliphatic rings. The standard InChI is InChI=1S/C48H55N7O3Si/c1-7-45(56)55-28-27-54(31-37(55)30-49-5)46-42-25-26-53(44-24-16-18-35-17-14-15-23-41(35)44)33-43(42)50-47(51-46)57-34-36-29-38(32-52(36)6)58-59(48(2,3)4,39-19-10-8-11-20-39)40-21-12-9-13-22-40/h7-24,36-38H,1,25-34H2,2-4,6H3/t36-,37-,38+/m0/s1. The summed E-state index contributed by atoms with van der Waals surface area (Å²) in [6, 6.07) is 36.9. The third-order valence-electron chi connectivity index (χ3n) is 12.5.